The van der Waals surface area contributed by atoms with Crippen LogP contribution in [0.1, 0.15) is 12.1 Å². The van der Waals surface area contributed by atoms with Gasteiger partial charge in [0.05, 0.1) is 0 Å². The van der Waals surface area contributed by atoms with Crippen molar-refractivity contribution in [1.82, 2.24) is 4.98 Å². The van der Waals surface area contributed by atoms with Crippen LogP contribution in [0.3, 0.4) is 0 Å². The van der Waals surface area contributed by atoms with E-state index in [4.69, 9.17) is 0 Å². The summed E-state index contributed by atoms with van der Waals surface area (Å²) in [5.74, 6) is -0.686. The Labute approximate surface area is 100 Å². The Morgan fingerprint density at radius 1 is 1.28 bits per heavy atom. The van der Waals surface area contributed by atoms with E-state index in [9.17, 15) is 22.0 Å². The lowest BCUT2D eigenvalue weighted by Gasteiger charge is -2.18. The quantitative estimate of drug-likeness (QED) is 0.764. The Hall–Kier alpha value is -1.40. The van der Waals surface area contributed by atoms with E-state index in [0.717, 1.165) is 6.07 Å². The summed E-state index contributed by atoms with van der Waals surface area (Å²) >= 11 is 0. The molecule has 1 aliphatic rings. The van der Waals surface area contributed by atoms with Crippen LogP contribution in [0.4, 0.5) is 27.8 Å². The number of pyridine rings is 1. The van der Waals surface area contributed by atoms with Crippen LogP contribution in [0.5, 0.6) is 0 Å². The average molecular weight is 266 g/mol. The number of nitrogens with zero attached hydrogens (tertiary/aromatic N) is 2. The number of hydrogen-bond acceptors (Lipinski definition) is 2. The molecule has 1 aromatic rings. The molecule has 2 heterocycles. The van der Waals surface area contributed by atoms with Gasteiger partial charge in [-0.05, 0) is 18.6 Å². The van der Waals surface area contributed by atoms with Gasteiger partial charge in [-0.25, -0.2) is 13.8 Å². The predicted octanol–water partition coefficient (Wildman–Crippen LogP) is 3.19. The van der Waals surface area contributed by atoms with Crippen molar-refractivity contribution < 1.29 is 22.0 Å². The highest BCUT2D eigenvalue weighted by molar-refractivity contribution is 5.41. The van der Waals surface area contributed by atoms with E-state index in [-0.39, 0.29) is 18.8 Å². The van der Waals surface area contributed by atoms with Gasteiger partial charge in [-0.15, -0.1) is 0 Å². The van der Waals surface area contributed by atoms with E-state index in [2.05, 4.69) is 4.98 Å². The molecule has 1 unspecified atom stereocenters. The number of rotatable bonds is 2. The maximum atomic E-state index is 12.5. The van der Waals surface area contributed by atoms with Gasteiger partial charge in [0.2, 0.25) is 6.43 Å². The van der Waals surface area contributed by atoms with Gasteiger partial charge < -0.3 is 4.90 Å². The molecular weight excluding hydrogens is 255 g/mol. The molecule has 100 valence electrons. The Morgan fingerprint density at radius 2 is 2.00 bits per heavy atom. The van der Waals surface area contributed by atoms with Gasteiger partial charge in [0.1, 0.15) is 11.5 Å². The van der Waals surface area contributed by atoms with E-state index in [0.29, 0.717) is 6.54 Å². The van der Waals surface area contributed by atoms with Gasteiger partial charge in [-0.1, -0.05) is 6.07 Å². The van der Waals surface area contributed by atoms with Crippen LogP contribution in [0, 0.1) is 5.92 Å². The Bertz CT molecular complexity index is 418. The molecule has 0 amide bonds. The van der Waals surface area contributed by atoms with Crippen LogP contribution in [-0.4, -0.2) is 24.5 Å². The summed E-state index contributed by atoms with van der Waals surface area (Å²) in [6, 6.07) is 3.51. The molecule has 1 aliphatic heterocycles. The van der Waals surface area contributed by atoms with Crippen LogP contribution in [0.25, 0.3) is 0 Å². The molecule has 1 atom stereocenters. The lowest BCUT2D eigenvalue weighted by atomic mass is 10.1. The second kappa shape index (κ2) is 4.70. The molecular formula is C11H11F5N2. The van der Waals surface area contributed by atoms with Crippen molar-refractivity contribution in [2.45, 2.75) is 19.0 Å². The molecule has 0 N–H and O–H groups in total. The zero-order valence-corrected chi connectivity index (χ0v) is 9.29. The van der Waals surface area contributed by atoms with Crippen molar-refractivity contribution in [3.8, 4) is 0 Å². The third-order valence-electron chi connectivity index (χ3n) is 2.93. The molecule has 0 bridgehead atoms. The van der Waals surface area contributed by atoms with Gasteiger partial charge in [0, 0.05) is 19.0 Å². The van der Waals surface area contributed by atoms with Crippen LogP contribution in [0.15, 0.2) is 18.2 Å². The number of alkyl halides is 5. The van der Waals surface area contributed by atoms with Gasteiger partial charge in [-0.3, -0.25) is 0 Å². The van der Waals surface area contributed by atoms with E-state index in [1.165, 1.54) is 17.0 Å². The largest absolute Gasteiger partial charge is 0.433 e. The lowest BCUT2D eigenvalue weighted by Crippen LogP contribution is -2.23. The molecule has 0 spiro atoms. The average Bonchev–Trinajstić information content (AvgIpc) is 2.77. The zero-order valence-electron chi connectivity index (χ0n) is 9.29. The first kappa shape index (κ1) is 13.0. The summed E-state index contributed by atoms with van der Waals surface area (Å²) in [6.45, 7) is 0.356. The van der Waals surface area contributed by atoms with E-state index >= 15 is 0 Å². The minimum Gasteiger partial charge on any atom is -0.356 e. The van der Waals surface area contributed by atoms with E-state index < -0.39 is 24.2 Å². The summed E-state index contributed by atoms with van der Waals surface area (Å²) in [5, 5.41) is 0. The highest BCUT2D eigenvalue weighted by atomic mass is 19.4. The normalized spacial score (nSPS) is 20.8. The summed E-state index contributed by atoms with van der Waals surface area (Å²) in [7, 11) is 0. The van der Waals surface area contributed by atoms with Crippen molar-refractivity contribution in [3.05, 3.63) is 23.9 Å². The van der Waals surface area contributed by atoms with Gasteiger partial charge in [-0.2, -0.15) is 13.2 Å². The molecule has 0 saturated carbocycles. The number of anilines is 1. The molecule has 7 heteroatoms. The van der Waals surface area contributed by atoms with Gasteiger partial charge >= 0.3 is 6.18 Å². The molecule has 0 aromatic carbocycles. The fourth-order valence-electron chi connectivity index (χ4n) is 1.96. The van der Waals surface area contributed by atoms with Crippen molar-refractivity contribution in [1.29, 1.82) is 0 Å². The summed E-state index contributed by atoms with van der Waals surface area (Å²) in [6.07, 6.45) is -6.69. The third kappa shape index (κ3) is 2.70. The third-order valence-corrected chi connectivity index (χ3v) is 2.93. The molecule has 0 aliphatic carbocycles. The van der Waals surface area contributed by atoms with Crippen LogP contribution < -0.4 is 4.90 Å². The molecule has 2 nitrogen and oxygen atoms in total. The summed E-state index contributed by atoms with van der Waals surface area (Å²) in [5.41, 5.74) is -1.000. The molecule has 18 heavy (non-hydrogen) atoms. The fraction of sp³-hybridized carbons (Fsp3) is 0.545. The number of aromatic nitrogens is 1. The number of hydrogen-bond donors (Lipinski definition) is 0. The lowest BCUT2D eigenvalue weighted by molar-refractivity contribution is -0.141. The van der Waals surface area contributed by atoms with Crippen molar-refractivity contribution in [2.24, 2.45) is 5.92 Å². The van der Waals surface area contributed by atoms with Crippen molar-refractivity contribution in [2.75, 3.05) is 18.0 Å². The molecule has 1 saturated heterocycles. The Morgan fingerprint density at radius 3 is 2.56 bits per heavy atom. The standard InChI is InChI=1S/C11H11F5N2/c12-10(13)7-4-5-18(6-7)9-3-1-2-8(17-9)11(14,15)16/h1-3,7,10H,4-6H2. The molecule has 2 rings (SSSR count). The Kier molecular flexibility index (Phi) is 3.41. The fourth-order valence-corrected chi connectivity index (χ4v) is 1.96. The minimum absolute atomic E-state index is 0.0476. The molecule has 0 radical (unpaired) electrons. The predicted molar refractivity (Wildman–Crippen MR) is 55.6 cm³/mol. The highest BCUT2D eigenvalue weighted by Gasteiger charge is 2.34. The Balaban J connectivity index is 2.15. The van der Waals surface area contributed by atoms with E-state index in [1.54, 1.807) is 0 Å². The SMILES string of the molecule is FC(F)C1CCN(c2cccc(C(F)(F)F)n2)C1. The van der Waals surface area contributed by atoms with Crippen molar-refractivity contribution >= 4 is 5.82 Å². The second-order valence-electron chi connectivity index (χ2n) is 4.21. The van der Waals surface area contributed by atoms with Crippen LogP contribution in [-0.2, 0) is 6.18 Å². The van der Waals surface area contributed by atoms with Gasteiger partial charge in [0.15, 0.2) is 0 Å². The smallest absolute Gasteiger partial charge is 0.356 e. The minimum atomic E-state index is -4.52. The number of halogens is 5. The van der Waals surface area contributed by atoms with Gasteiger partial charge in [0.25, 0.3) is 0 Å². The highest BCUT2D eigenvalue weighted by Crippen LogP contribution is 2.31. The van der Waals surface area contributed by atoms with Crippen LogP contribution >= 0.6 is 0 Å². The first-order chi connectivity index (χ1) is 8.38. The zero-order chi connectivity index (χ0) is 13.3. The van der Waals surface area contributed by atoms with Crippen molar-refractivity contribution in [3.63, 3.8) is 0 Å². The maximum absolute atomic E-state index is 12.5. The van der Waals surface area contributed by atoms with Crippen LogP contribution in [0.2, 0.25) is 0 Å². The first-order valence-electron chi connectivity index (χ1n) is 5.45. The summed E-state index contributed by atoms with van der Waals surface area (Å²) < 4.78 is 62.3. The maximum Gasteiger partial charge on any atom is 0.433 e. The van der Waals surface area contributed by atoms with E-state index in [1.807, 2.05) is 0 Å². The topological polar surface area (TPSA) is 16.1 Å². The molecule has 1 fully saturated rings. The monoisotopic (exact) mass is 266 g/mol. The molecule has 1 aromatic heterocycles. The first-order valence-corrected chi connectivity index (χ1v) is 5.45. The second-order valence-corrected chi connectivity index (χ2v) is 4.21. The summed E-state index contributed by atoms with van der Waals surface area (Å²) in [4.78, 5) is 4.94.